The lowest BCUT2D eigenvalue weighted by molar-refractivity contribution is -0.142. The molecule has 0 bridgehead atoms. The Morgan fingerprint density at radius 3 is 2.67 bits per heavy atom. The van der Waals surface area contributed by atoms with Crippen molar-refractivity contribution in [2.24, 2.45) is 0 Å². The predicted molar refractivity (Wildman–Crippen MR) is 70.9 cm³/mol. The van der Waals surface area contributed by atoms with Gasteiger partial charge in [0.15, 0.2) is 0 Å². The molecule has 1 aromatic rings. The van der Waals surface area contributed by atoms with Gasteiger partial charge in [-0.1, -0.05) is 12.1 Å². The van der Waals surface area contributed by atoms with Crippen LogP contribution in [0.15, 0.2) is 18.2 Å². The average molecular weight is 251 g/mol. The molecule has 18 heavy (non-hydrogen) atoms. The van der Waals surface area contributed by atoms with Crippen LogP contribution in [0.1, 0.15) is 25.0 Å². The Morgan fingerprint density at radius 2 is 2.17 bits per heavy atom. The van der Waals surface area contributed by atoms with E-state index in [9.17, 15) is 4.79 Å². The average Bonchev–Trinajstić information content (AvgIpc) is 2.31. The van der Waals surface area contributed by atoms with E-state index in [1.165, 1.54) is 0 Å². The number of carboxylic acids is 1. The number of rotatable bonds is 6. The minimum absolute atomic E-state index is 0.489. The highest BCUT2D eigenvalue weighted by Crippen LogP contribution is 2.20. The van der Waals surface area contributed by atoms with Crippen LogP contribution < -0.4 is 4.74 Å². The van der Waals surface area contributed by atoms with Crippen molar-refractivity contribution in [1.82, 2.24) is 4.90 Å². The van der Waals surface area contributed by atoms with Gasteiger partial charge in [0.05, 0.1) is 6.61 Å². The highest BCUT2D eigenvalue weighted by Gasteiger charge is 2.16. The second-order valence-electron chi connectivity index (χ2n) is 4.46. The number of aryl methyl sites for hydroxylation is 1. The maximum Gasteiger partial charge on any atom is 0.320 e. The first-order chi connectivity index (χ1) is 8.45. The number of carboxylic acid groups (broad SMARTS) is 1. The zero-order valence-electron chi connectivity index (χ0n) is 11.4. The molecule has 0 radical (unpaired) electrons. The van der Waals surface area contributed by atoms with Crippen molar-refractivity contribution >= 4 is 5.97 Å². The summed E-state index contributed by atoms with van der Waals surface area (Å²) in [6.07, 6.45) is 0. The Morgan fingerprint density at radius 1 is 1.50 bits per heavy atom. The van der Waals surface area contributed by atoms with Gasteiger partial charge in [0.1, 0.15) is 11.8 Å². The van der Waals surface area contributed by atoms with Crippen LogP contribution in [0.3, 0.4) is 0 Å². The standard InChI is InChI=1S/C14H21NO3/c1-5-18-13-7-6-12(8-10(13)2)9-15(4)11(3)14(16)17/h6-8,11H,5,9H2,1-4H3,(H,16,17). The molecule has 0 saturated carbocycles. The molecule has 1 aromatic carbocycles. The third-order valence-corrected chi connectivity index (χ3v) is 2.99. The van der Waals surface area contributed by atoms with Crippen molar-refractivity contribution in [3.63, 3.8) is 0 Å². The number of likely N-dealkylation sites (N-methyl/N-ethyl adjacent to an activating group) is 1. The monoisotopic (exact) mass is 251 g/mol. The number of benzene rings is 1. The van der Waals surface area contributed by atoms with Crippen molar-refractivity contribution in [1.29, 1.82) is 0 Å². The molecule has 0 aliphatic rings. The third kappa shape index (κ3) is 3.74. The van der Waals surface area contributed by atoms with Crippen molar-refractivity contribution in [2.45, 2.75) is 33.4 Å². The molecule has 1 unspecified atom stereocenters. The van der Waals surface area contributed by atoms with Crippen LogP contribution in [0.25, 0.3) is 0 Å². The molecule has 0 aromatic heterocycles. The first-order valence-electron chi connectivity index (χ1n) is 6.11. The van der Waals surface area contributed by atoms with E-state index in [1.54, 1.807) is 11.8 Å². The topological polar surface area (TPSA) is 49.8 Å². The highest BCUT2D eigenvalue weighted by atomic mass is 16.5. The van der Waals surface area contributed by atoms with Crippen molar-refractivity contribution in [2.75, 3.05) is 13.7 Å². The molecule has 4 heteroatoms. The smallest absolute Gasteiger partial charge is 0.320 e. The van der Waals surface area contributed by atoms with Gasteiger partial charge in [0.2, 0.25) is 0 Å². The van der Waals surface area contributed by atoms with Crippen LogP contribution in [0.2, 0.25) is 0 Å². The van der Waals surface area contributed by atoms with E-state index in [-0.39, 0.29) is 0 Å². The normalized spacial score (nSPS) is 12.5. The van der Waals surface area contributed by atoms with Gasteiger partial charge in [0.25, 0.3) is 0 Å². The summed E-state index contributed by atoms with van der Waals surface area (Å²) in [5.41, 5.74) is 2.16. The van der Waals surface area contributed by atoms with E-state index in [1.807, 2.05) is 39.1 Å². The maximum atomic E-state index is 10.9. The predicted octanol–water partition coefficient (Wildman–Crippen LogP) is 2.30. The molecule has 4 nitrogen and oxygen atoms in total. The fraction of sp³-hybridized carbons (Fsp3) is 0.500. The van der Waals surface area contributed by atoms with Gasteiger partial charge in [0, 0.05) is 6.54 Å². The number of ether oxygens (including phenoxy) is 1. The van der Waals surface area contributed by atoms with Gasteiger partial charge in [-0.3, -0.25) is 9.69 Å². The minimum atomic E-state index is -0.805. The van der Waals surface area contributed by atoms with Crippen LogP contribution >= 0.6 is 0 Å². The van der Waals surface area contributed by atoms with Crippen molar-refractivity contribution in [3.05, 3.63) is 29.3 Å². The summed E-state index contributed by atoms with van der Waals surface area (Å²) in [6.45, 7) is 6.89. The Hall–Kier alpha value is -1.55. The van der Waals surface area contributed by atoms with Crippen LogP contribution in [0.4, 0.5) is 0 Å². The number of aliphatic carboxylic acids is 1. The second-order valence-corrected chi connectivity index (χ2v) is 4.46. The Balaban J connectivity index is 2.74. The van der Waals surface area contributed by atoms with Crippen molar-refractivity contribution < 1.29 is 14.6 Å². The molecule has 0 heterocycles. The summed E-state index contributed by atoms with van der Waals surface area (Å²) >= 11 is 0. The number of nitrogens with zero attached hydrogens (tertiary/aromatic N) is 1. The van der Waals surface area contributed by atoms with E-state index in [4.69, 9.17) is 9.84 Å². The van der Waals surface area contributed by atoms with E-state index in [2.05, 4.69) is 0 Å². The summed E-state index contributed by atoms with van der Waals surface area (Å²) in [5.74, 6) is 0.0790. The summed E-state index contributed by atoms with van der Waals surface area (Å²) in [6, 6.07) is 5.46. The molecule has 0 spiro atoms. The summed E-state index contributed by atoms with van der Waals surface area (Å²) in [7, 11) is 1.81. The van der Waals surface area contributed by atoms with Gasteiger partial charge in [-0.2, -0.15) is 0 Å². The van der Waals surface area contributed by atoms with Gasteiger partial charge < -0.3 is 9.84 Å². The molecule has 0 amide bonds. The third-order valence-electron chi connectivity index (χ3n) is 2.99. The summed E-state index contributed by atoms with van der Waals surface area (Å²) < 4.78 is 5.47. The maximum absolute atomic E-state index is 10.9. The molecule has 1 atom stereocenters. The molecule has 0 saturated heterocycles. The summed E-state index contributed by atoms with van der Waals surface area (Å²) in [5, 5.41) is 8.94. The molecular weight excluding hydrogens is 230 g/mol. The number of hydrogen-bond donors (Lipinski definition) is 1. The quantitative estimate of drug-likeness (QED) is 0.843. The van der Waals surface area contributed by atoms with Crippen LogP contribution in [0, 0.1) is 6.92 Å². The van der Waals surface area contributed by atoms with E-state index in [0.29, 0.717) is 13.2 Å². The van der Waals surface area contributed by atoms with Gasteiger partial charge in [-0.25, -0.2) is 0 Å². The fourth-order valence-electron chi connectivity index (χ4n) is 1.74. The largest absolute Gasteiger partial charge is 0.494 e. The zero-order valence-corrected chi connectivity index (χ0v) is 11.4. The lowest BCUT2D eigenvalue weighted by Crippen LogP contribution is -2.35. The fourth-order valence-corrected chi connectivity index (χ4v) is 1.74. The zero-order chi connectivity index (χ0) is 13.7. The number of hydrogen-bond acceptors (Lipinski definition) is 3. The lowest BCUT2D eigenvalue weighted by atomic mass is 10.1. The second kappa shape index (κ2) is 6.40. The van der Waals surface area contributed by atoms with Crippen molar-refractivity contribution in [3.8, 4) is 5.75 Å². The van der Waals surface area contributed by atoms with E-state index in [0.717, 1.165) is 16.9 Å². The first kappa shape index (κ1) is 14.5. The molecule has 1 rings (SSSR count). The van der Waals surface area contributed by atoms with Crippen LogP contribution in [-0.2, 0) is 11.3 Å². The van der Waals surface area contributed by atoms with E-state index < -0.39 is 12.0 Å². The number of carbonyl (C=O) groups is 1. The molecule has 100 valence electrons. The molecule has 0 aliphatic heterocycles. The molecule has 0 fully saturated rings. The Kier molecular flexibility index (Phi) is 5.16. The SMILES string of the molecule is CCOc1ccc(CN(C)C(C)C(=O)O)cc1C. The van der Waals surface area contributed by atoms with Crippen LogP contribution in [0.5, 0.6) is 5.75 Å². The van der Waals surface area contributed by atoms with Gasteiger partial charge >= 0.3 is 5.97 Å². The molecule has 1 N–H and O–H groups in total. The summed E-state index contributed by atoms with van der Waals surface area (Å²) in [4.78, 5) is 12.7. The lowest BCUT2D eigenvalue weighted by Gasteiger charge is -2.21. The minimum Gasteiger partial charge on any atom is -0.494 e. The van der Waals surface area contributed by atoms with E-state index >= 15 is 0 Å². The van der Waals surface area contributed by atoms with Crippen LogP contribution in [-0.4, -0.2) is 35.7 Å². The highest BCUT2D eigenvalue weighted by molar-refractivity contribution is 5.72. The first-order valence-corrected chi connectivity index (χ1v) is 6.11. The van der Waals surface area contributed by atoms with Gasteiger partial charge in [-0.05, 0) is 45.0 Å². The Labute approximate surface area is 108 Å². The molecular formula is C14H21NO3. The Bertz CT molecular complexity index is 418. The van der Waals surface area contributed by atoms with Gasteiger partial charge in [-0.15, -0.1) is 0 Å². The molecule has 0 aliphatic carbocycles.